The summed E-state index contributed by atoms with van der Waals surface area (Å²) in [5.74, 6) is 0. The van der Waals surface area contributed by atoms with Crippen LogP contribution in [0.25, 0.3) is 10.2 Å². The van der Waals surface area contributed by atoms with E-state index in [0.717, 1.165) is 26.5 Å². The van der Waals surface area contributed by atoms with Crippen LogP contribution in [0.2, 0.25) is 0 Å². The Kier molecular flexibility index (Phi) is 11.0. The van der Waals surface area contributed by atoms with Gasteiger partial charge in [0.2, 0.25) is 0 Å². The number of nitrogens with zero attached hydrogens (tertiary/aromatic N) is 2. The number of hydrogen-bond acceptors (Lipinski definition) is 6. The molecule has 1 aromatic heterocycles. The van der Waals surface area contributed by atoms with Crippen LogP contribution in [-0.2, 0) is 6.42 Å². The van der Waals surface area contributed by atoms with E-state index in [1.807, 2.05) is 52.0 Å². The molecule has 0 aliphatic heterocycles. The van der Waals surface area contributed by atoms with Gasteiger partial charge in [0.1, 0.15) is 5.01 Å². The van der Waals surface area contributed by atoms with Crippen LogP contribution in [0.4, 0.5) is 5.69 Å². The van der Waals surface area contributed by atoms with Gasteiger partial charge in [-0.25, -0.2) is 9.71 Å². The first-order chi connectivity index (χ1) is 16.1. The van der Waals surface area contributed by atoms with Crippen molar-refractivity contribution >= 4 is 39.2 Å². The fraction of sp³-hybridized carbons (Fsp3) is 0.269. The van der Waals surface area contributed by atoms with Crippen molar-refractivity contribution in [3.63, 3.8) is 0 Å². The van der Waals surface area contributed by atoms with Gasteiger partial charge in [-0.05, 0) is 49.1 Å². The molecule has 1 atom stereocenters. The predicted octanol–water partition coefficient (Wildman–Crippen LogP) is 8.15. The van der Waals surface area contributed by atoms with Gasteiger partial charge >= 0.3 is 0 Å². The first-order valence-electron chi connectivity index (χ1n) is 11.2. The highest BCUT2D eigenvalue weighted by molar-refractivity contribution is 7.97. The summed E-state index contributed by atoms with van der Waals surface area (Å²) in [5.41, 5.74) is 3.52. The maximum absolute atomic E-state index is 11.1. The van der Waals surface area contributed by atoms with E-state index in [4.69, 9.17) is 4.98 Å². The molecule has 5 nitrogen and oxygen atoms in total. The zero-order valence-corrected chi connectivity index (χ0v) is 21.4. The number of benzene rings is 3. The zero-order chi connectivity index (χ0) is 24.2. The SMILES string of the molecule is CC.CC.Cc1cccc(CC(NSc2cccc([N+](=O)[O-])c2)c2nc3ccccc3s2)c1. The number of non-ortho nitro benzene ring substituents is 1. The van der Waals surface area contributed by atoms with Crippen molar-refractivity contribution in [2.24, 2.45) is 0 Å². The molecular weight excluding hydrogens is 450 g/mol. The molecule has 1 N–H and O–H groups in total. The lowest BCUT2D eigenvalue weighted by molar-refractivity contribution is -0.385. The highest BCUT2D eigenvalue weighted by atomic mass is 32.2. The number of hydrogen-bond donors (Lipinski definition) is 1. The summed E-state index contributed by atoms with van der Waals surface area (Å²) < 4.78 is 4.64. The third-order valence-electron chi connectivity index (χ3n) is 4.48. The van der Waals surface area contributed by atoms with Crippen LogP contribution in [0.3, 0.4) is 0 Å². The molecule has 1 heterocycles. The molecule has 0 bridgehead atoms. The Hall–Kier alpha value is -2.74. The molecule has 1 unspecified atom stereocenters. The average Bonchev–Trinajstić information content (AvgIpc) is 3.29. The van der Waals surface area contributed by atoms with Gasteiger partial charge in [0, 0.05) is 17.0 Å². The summed E-state index contributed by atoms with van der Waals surface area (Å²) in [6, 6.07) is 23.2. The van der Waals surface area contributed by atoms with Gasteiger partial charge < -0.3 is 0 Å². The van der Waals surface area contributed by atoms with E-state index in [1.165, 1.54) is 29.1 Å². The van der Waals surface area contributed by atoms with Gasteiger partial charge in [-0.15, -0.1) is 11.3 Å². The minimum atomic E-state index is -0.373. The maximum Gasteiger partial charge on any atom is 0.270 e. The summed E-state index contributed by atoms with van der Waals surface area (Å²) in [7, 11) is 0. The summed E-state index contributed by atoms with van der Waals surface area (Å²) in [5, 5.41) is 12.1. The minimum Gasteiger partial charge on any atom is -0.258 e. The minimum absolute atomic E-state index is 0.0153. The van der Waals surface area contributed by atoms with Crippen molar-refractivity contribution in [2.45, 2.75) is 52.0 Å². The topological polar surface area (TPSA) is 68.1 Å². The summed E-state index contributed by atoms with van der Waals surface area (Å²) >= 11 is 3.08. The highest BCUT2D eigenvalue weighted by Crippen LogP contribution is 2.31. The van der Waals surface area contributed by atoms with E-state index in [9.17, 15) is 10.1 Å². The first-order valence-corrected chi connectivity index (χ1v) is 12.8. The number of aromatic nitrogens is 1. The molecular formula is C26H31N3O2S2. The van der Waals surface area contributed by atoms with Gasteiger partial charge in [0.15, 0.2) is 0 Å². The molecule has 0 aliphatic rings. The van der Waals surface area contributed by atoms with E-state index in [2.05, 4.69) is 42.0 Å². The maximum atomic E-state index is 11.1. The number of nitro groups is 1. The quantitative estimate of drug-likeness (QED) is 0.164. The van der Waals surface area contributed by atoms with Gasteiger partial charge in [0.25, 0.3) is 5.69 Å². The lowest BCUT2D eigenvalue weighted by atomic mass is 10.0. The fourth-order valence-corrected chi connectivity index (χ4v) is 4.99. The second-order valence-electron chi connectivity index (χ2n) is 6.74. The molecule has 0 fully saturated rings. The van der Waals surface area contributed by atoms with Crippen molar-refractivity contribution in [2.75, 3.05) is 0 Å². The highest BCUT2D eigenvalue weighted by Gasteiger charge is 2.18. The van der Waals surface area contributed by atoms with Crippen molar-refractivity contribution in [1.82, 2.24) is 9.71 Å². The number of nitrogens with one attached hydrogen (secondary N) is 1. The van der Waals surface area contributed by atoms with Crippen LogP contribution in [0.15, 0.2) is 77.7 Å². The Morgan fingerprint density at radius 2 is 1.73 bits per heavy atom. The van der Waals surface area contributed by atoms with E-state index in [0.29, 0.717) is 0 Å². The van der Waals surface area contributed by atoms with Crippen molar-refractivity contribution in [1.29, 1.82) is 0 Å². The molecule has 0 saturated carbocycles. The molecule has 4 aromatic rings. The Labute approximate surface area is 204 Å². The van der Waals surface area contributed by atoms with E-state index in [1.54, 1.807) is 23.5 Å². The van der Waals surface area contributed by atoms with Gasteiger partial charge in [-0.2, -0.15) is 0 Å². The number of para-hydroxylation sites is 1. The zero-order valence-electron chi connectivity index (χ0n) is 19.7. The van der Waals surface area contributed by atoms with Crippen LogP contribution in [0.1, 0.15) is 49.9 Å². The Bertz CT molecular complexity index is 1130. The smallest absolute Gasteiger partial charge is 0.258 e. The molecule has 0 amide bonds. The average molecular weight is 482 g/mol. The number of aryl methyl sites for hydroxylation is 1. The fourth-order valence-electron chi connectivity index (χ4n) is 3.09. The molecule has 33 heavy (non-hydrogen) atoms. The van der Waals surface area contributed by atoms with Crippen LogP contribution in [-0.4, -0.2) is 9.91 Å². The lowest BCUT2D eigenvalue weighted by Gasteiger charge is -2.16. The molecule has 4 rings (SSSR count). The monoisotopic (exact) mass is 481 g/mol. The van der Waals surface area contributed by atoms with Crippen LogP contribution in [0.5, 0.6) is 0 Å². The standard InChI is InChI=1S/C22H19N3O2S2.2C2H6/c1-15-6-4-7-16(12-15)13-20(22-23-19-10-2-3-11-21(19)28-22)24-29-18-9-5-8-17(14-18)25(26)27;2*1-2/h2-12,14,20,24H,13H2,1H3;2*1-2H3. The van der Waals surface area contributed by atoms with Crippen LogP contribution >= 0.6 is 23.3 Å². The first kappa shape index (κ1) is 26.5. The predicted molar refractivity (Wildman–Crippen MR) is 142 cm³/mol. The van der Waals surface area contributed by atoms with Crippen LogP contribution in [0, 0.1) is 17.0 Å². The number of fused-ring (bicyclic) bond motifs is 1. The third kappa shape index (κ3) is 7.67. The third-order valence-corrected chi connectivity index (χ3v) is 6.52. The summed E-state index contributed by atoms with van der Waals surface area (Å²) in [4.78, 5) is 16.3. The lowest BCUT2D eigenvalue weighted by Crippen LogP contribution is -2.17. The van der Waals surface area contributed by atoms with E-state index in [-0.39, 0.29) is 16.7 Å². The summed E-state index contributed by atoms with van der Waals surface area (Å²) in [6.07, 6.45) is 0.781. The molecule has 7 heteroatoms. The second-order valence-corrected chi connectivity index (χ2v) is 8.71. The van der Waals surface area contributed by atoms with Crippen molar-refractivity contribution in [3.05, 3.63) is 99.0 Å². The van der Waals surface area contributed by atoms with E-state index < -0.39 is 0 Å². The Morgan fingerprint density at radius 3 is 2.42 bits per heavy atom. The molecule has 0 saturated heterocycles. The summed E-state index contributed by atoms with van der Waals surface area (Å²) in [6.45, 7) is 10.1. The molecule has 0 aliphatic carbocycles. The Morgan fingerprint density at radius 1 is 1.00 bits per heavy atom. The number of rotatable bonds is 7. The van der Waals surface area contributed by atoms with Gasteiger partial charge in [-0.3, -0.25) is 10.1 Å². The van der Waals surface area contributed by atoms with Crippen molar-refractivity contribution < 1.29 is 4.92 Å². The van der Waals surface area contributed by atoms with Gasteiger partial charge in [0.05, 0.1) is 21.2 Å². The second kappa shape index (κ2) is 13.7. The normalized spacial score (nSPS) is 11.1. The molecule has 0 radical (unpaired) electrons. The van der Waals surface area contributed by atoms with Gasteiger partial charge in [-0.1, -0.05) is 75.7 Å². The number of nitro benzene ring substituents is 1. The largest absolute Gasteiger partial charge is 0.270 e. The molecule has 0 spiro atoms. The number of thiazole rings is 1. The van der Waals surface area contributed by atoms with Crippen molar-refractivity contribution in [3.8, 4) is 0 Å². The van der Waals surface area contributed by atoms with Crippen LogP contribution < -0.4 is 4.72 Å². The molecule has 3 aromatic carbocycles. The molecule has 174 valence electrons. The van der Waals surface area contributed by atoms with E-state index >= 15 is 0 Å². The Balaban J connectivity index is 0.000000914.